The minimum atomic E-state index is 0.447. The monoisotopic (exact) mass is 275 g/mol. The van der Waals surface area contributed by atoms with Crippen molar-refractivity contribution in [3.05, 3.63) is 12.4 Å². The topological polar surface area (TPSA) is 29.9 Å². The summed E-state index contributed by atoms with van der Waals surface area (Å²) in [5.74, 6) is 1.82. The Morgan fingerprint density at radius 3 is 2.40 bits per heavy atom. The molecule has 1 heterocycles. The van der Waals surface area contributed by atoms with E-state index in [0.717, 1.165) is 18.4 Å². The van der Waals surface area contributed by atoms with Crippen LogP contribution in [-0.4, -0.2) is 16.1 Å². The number of aromatic nitrogens is 2. The maximum Gasteiger partial charge on any atom is 0.203 e. The molecule has 0 aliphatic heterocycles. The number of anilines is 1. The maximum absolute atomic E-state index is 4.54. The lowest BCUT2D eigenvalue weighted by molar-refractivity contribution is 0.355. The molecule has 0 bridgehead atoms. The van der Waals surface area contributed by atoms with Crippen LogP contribution in [0, 0.1) is 16.7 Å². The predicted molar refractivity (Wildman–Crippen MR) is 83.9 cm³/mol. The van der Waals surface area contributed by atoms with E-state index in [-0.39, 0.29) is 0 Å². The van der Waals surface area contributed by atoms with E-state index < -0.39 is 0 Å². The van der Waals surface area contributed by atoms with Crippen LogP contribution in [0.5, 0.6) is 0 Å². The van der Waals surface area contributed by atoms with Gasteiger partial charge in [0.2, 0.25) is 5.95 Å². The van der Waals surface area contributed by atoms with Crippen LogP contribution in [0.4, 0.5) is 5.95 Å². The Hall–Kier alpha value is -0.990. The SMILES string of the molecule is CC1(C)C(CNc2nccn2C2CCCCC2)C1(C)C. The molecule has 2 aliphatic carbocycles. The average Bonchev–Trinajstić information content (AvgIpc) is 2.76. The highest BCUT2D eigenvalue weighted by atomic mass is 15.2. The molecule has 0 spiro atoms. The lowest BCUT2D eigenvalue weighted by atomic mass is 9.95. The molecule has 3 heteroatoms. The summed E-state index contributed by atoms with van der Waals surface area (Å²) < 4.78 is 2.38. The molecular formula is C17H29N3. The lowest BCUT2D eigenvalue weighted by Gasteiger charge is -2.24. The molecule has 0 saturated heterocycles. The van der Waals surface area contributed by atoms with Gasteiger partial charge in [0.15, 0.2) is 0 Å². The number of nitrogens with one attached hydrogen (secondary N) is 1. The summed E-state index contributed by atoms with van der Waals surface area (Å²) in [5.41, 5.74) is 0.893. The van der Waals surface area contributed by atoms with Gasteiger partial charge in [0.1, 0.15) is 0 Å². The third kappa shape index (κ3) is 2.15. The zero-order valence-corrected chi connectivity index (χ0v) is 13.4. The van der Waals surface area contributed by atoms with Gasteiger partial charge >= 0.3 is 0 Å². The van der Waals surface area contributed by atoms with Gasteiger partial charge in [-0.2, -0.15) is 0 Å². The number of imidazole rings is 1. The Morgan fingerprint density at radius 1 is 1.15 bits per heavy atom. The molecule has 1 aromatic rings. The van der Waals surface area contributed by atoms with Gasteiger partial charge in [-0.1, -0.05) is 47.0 Å². The standard InChI is InChI=1S/C17H29N3/c1-16(2)14(17(16,3)4)12-19-15-18-10-11-20(15)13-8-6-5-7-9-13/h10-11,13-14H,5-9,12H2,1-4H3,(H,18,19). The quantitative estimate of drug-likeness (QED) is 0.878. The third-order valence-corrected chi connectivity index (χ3v) is 6.42. The van der Waals surface area contributed by atoms with Crippen molar-refractivity contribution in [2.24, 2.45) is 16.7 Å². The highest BCUT2D eigenvalue weighted by Gasteiger charge is 2.64. The first kappa shape index (κ1) is 14.0. The first-order valence-electron chi connectivity index (χ1n) is 8.21. The molecule has 3 nitrogen and oxygen atoms in total. The zero-order chi connectivity index (χ0) is 14.4. The summed E-state index contributed by atoms with van der Waals surface area (Å²) >= 11 is 0. The largest absolute Gasteiger partial charge is 0.355 e. The lowest BCUT2D eigenvalue weighted by Crippen LogP contribution is -2.17. The molecular weight excluding hydrogens is 246 g/mol. The summed E-state index contributed by atoms with van der Waals surface area (Å²) in [6.45, 7) is 10.6. The molecule has 112 valence electrons. The zero-order valence-electron chi connectivity index (χ0n) is 13.4. The van der Waals surface area contributed by atoms with Crippen molar-refractivity contribution in [2.45, 2.75) is 65.8 Å². The van der Waals surface area contributed by atoms with E-state index in [4.69, 9.17) is 0 Å². The summed E-state index contributed by atoms with van der Waals surface area (Å²) in [5, 5.41) is 3.62. The van der Waals surface area contributed by atoms with Crippen LogP contribution in [0.15, 0.2) is 12.4 Å². The van der Waals surface area contributed by atoms with Gasteiger partial charge in [-0.25, -0.2) is 4.98 Å². The summed E-state index contributed by atoms with van der Waals surface area (Å²) in [7, 11) is 0. The second-order valence-electron chi connectivity index (χ2n) is 7.83. The number of nitrogens with zero attached hydrogens (tertiary/aromatic N) is 2. The molecule has 2 saturated carbocycles. The summed E-state index contributed by atoms with van der Waals surface area (Å²) in [6, 6.07) is 0.661. The van der Waals surface area contributed by atoms with Crippen LogP contribution in [0.3, 0.4) is 0 Å². The molecule has 20 heavy (non-hydrogen) atoms. The Bertz CT molecular complexity index is 452. The second-order valence-corrected chi connectivity index (χ2v) is 7.83. The Labute approximate surface area is 123 Å². The van der Waals surface area contributed by atoms with E-state index in [9.17, 15) is 0 Å². The van der Waals surface area contributed by atoms with Gasteiger partial charge < -0.3 is 9.88 Å². The summed E-state index contributed by atoms with van der Waals surface area (Å²) in [6.07, 6.45) is 10.9. The van der Waals surface area contributed by atoms with Gasteiger partial charge in [-0.15, -0.1) is 0 Å². The molecule has 3 rings (SSSR count). The van der Waals surface area contributed by atoms with Crippen LogP contribution >= 0.6 is 0 Å². The van der Waals surface area contributed by atoms with Gasteiger partial charge in [0.05, 0.1) is 0 Å². The minimum absolute atomic E-state index is 0.447. The van der Waals surface area contributed by atoms with Crippen molar-refractivity contribution >= 4 is 5.95 Å². The minimum Gasteiger partial charge on any atom is -0.355 e. The number of rotatable bonds is 4. The first-order valence-corrected chi connectivity index (χ1v) is 8.21. The van der Waals surface area contributed by atoms with Crippen molar-refractivity contribution in [1.82, 2.24) is 9.55 Å². The van der Waals surface area contributed by atoms with Crippen molar-refractivity contribution < 1.29 is 0 Å². The van der Waals surface area contributed by atoms with E-state index in [1.807, 2.05) is 6.20 Å². The van der Waals surface area contributed by atoms with Crippen LogP contribution in [0.2, 0.25) is 0 Å². The predicted octanol–water partition coefficient (Wildman–Crippen LogP) is 4.48. The van der Waals surface area contributed by atoms with Gasteiger partial charge in [-0.3, -0.25) is 0 Å². The molecule has 0 amide bonds. The van der Waals surface area contributed by atoms with Crippen molar-refractivity contribution in [1.29, 1.82) is 0 Å². The van der Waals surface area contributed by atoms with Gasteiger partial charge in [0.25, 0.3) is 0 Å². The highest BCUT2D eigenvalue weighted by molar-refractivity contribution is 5.29. The Morgan fingerprint density at radius 2 is 1.80 bits per heavy atom. The normalized spacial score (nSPS) is 25.6. The highest BCUT2D eigenvalue weighted by Crippen LogP contribution is 2.68. The van der Waals surface area contributed by atoms with Gasteiger partial charge in [0, 0.05) is 25.0 Å². The maximum atomic E-state index is 4.54. The van der Waals surface area contributed by atoms with E-state index >= 15 is 0 Å². The molecule has 1 N–H and O–H groups in total. The van der Waals surface area contributed by atoms with Gasteiger partial charge in [-0.05, 0) is 29.6 Å². The second kappa shape index (κ2) is 4.78. The molecule has 0 aromatic carbocycles. The Kier molecular flexibility index (Phi) is 3.34. The van der Waals surface area contributed by atoms with Crippen LogP contribution in [0.25, 0.3) is 0 Å². The fourth-order valence-corrected chi connectivity index (χ4v) is 4.14. The molecule has 0 atom stereocenters. The third-order valence-electron chi connectivity index (χ3n) is 6.42. The molecule has 0 unspecified atom stereocenters. The smallest absolute Gasteiger partial charge is 0.203 e. The van der Waals surface area contributed by atoms with E-state index in [2.05, 4.69) is 48.8 Å². The first-order chi connectivity index (χ1) is 9.44. The van der Waals surface area contributed by atoms with E-state index in [0.29, 0.717) is 16.9 Å². The van der Waals surface area contributed by atoms with Crippen molar-refractivity contribution in [2.75, 3.05) is 11.9 Å². The van der Waals surface area contributed by atoms with Crippen molar-refractivity contribution in [3.8, 4) is 0 Å². The fourth-order valence-electron chi connectivity index (χ4n) is 4.14. The number of hydrogen-bond donors (Lipinski definition) is 1. The van der Waals surface area contributed by atoms with E-state index in [1.165, 1.54) is 32.1 Å². The fraction of sp³-hybridized carbons (Fsp3) is 0.824. The average molecular weight is 275 g/mol. The Balaban J connectivity index is 1.63. The van der Waals surface area contributed by atoms with Crippen LogP contribution in [-0.2, 0) is 0 Å². The molecule has 1 aromatic heterocycles. The summed E-state index contributed by atoms with van der Waals surface area (Å²) in [4.78, 5) is 4.54. The number of hydrogen-bond acceptors (Lipinski definition) is 2. The van der Waals surface area contributed by atoms with Crippen molar-refractivity contribution in [3.63, 3.8) is 0 Å². The molecule has 2 fully saturated rings. The van der Waals surface area contributed by atoms with Crippen LogP contribution in [0.1, 0.15) is 65.8 Å². The molecule has 0 radical (unpaired) electrons. The van der Waals surface area contributed by atoms with Crippen LogP contribution < -0.4 is 5.32 Å². The van der Waals surface area contributed by atoms with E-state index in [1.54, 1.807) is 0 Å². The molecule has 2 aliphatic rings.